The lowest BCUT2D eigenvalue weighted by Gasteiger charge is -2.14. The molecule has 3 aromatic rings. The van der Waals surface area contributed by atoms with Crippen LogP contribution in [-0.2, 0) is 19.3 Å². The predicted octanol–water partition coefficient (Wildman–Crippen LogP) is 4.90. The van der Waals surface area contributed by atoms with Crippen molar-refractivity contribution in [2.24, 2.45) is 0 Å². The highest BCUT2D eigenvalue weighted by Crippen LogP contribution is 2.30. The number of nitrogens with zero attached hydrogens (tertiary/aromatic N) is 1. The van der Waals surface area contributed by atoms with Gasteiger partial charge in [-0.2, -0.15) is 0 Å². The minimum absolute atomic E-state index is 0. The van der Waals surface area contributed by atoms with Crippen LogP contribution in [0.5, 0.6) is 0 Å². The molecule has 2 heterocycles. The summed E-state index contributed by atoms with van der Waals surface area (Å²) in [6.07, 6.45) is 8.31. The molecule has 0 unspecified atom stereocenters. The van der Waals surface area contributed by atoms with E-state index < -0.39 is 0 Å². The minimum Gasteiger partial charge on any atom is -0.397 e. The molecule has 3 nitrogen and oxygen atoms in total. The second-order valence-corrected chi connectivity index (χ2v) is 6.33. The van der Waals surface area contributed by atoms with Gasteiger partial charge in [0.2, 0.25) is 0 Å². The maximum Gasteiger partial charge on any atom is 0.0574 e. The fraction of sp³-hybridized carbons (Fsp3) is 0.300. The molecule has 134 valence electrons. The van der Waals surface area contributed by atoms with Crippen molar-refractivity contribution in [3.8, 4) is 0 Å². The number of nitrogen functional groups attached to an aromatic ring is 1. The van der Waals surface area contributed by atoms with Crippen LogP contribution in [0.15, 0.2) is 48.7 Å². The number of fused-ring (bicyclic) bond motifs is 3. The molecule has 4 rings (SSSR count). The van der Waals surface area contributed by atoms with Crippen molar-refractivity contribution in [1.29, 1.82) is 0 Å². The summed E-state index contributed by atoms with van der Waals surface area (Å²) in [5.74, 6) is 0. The van der Waals surface area contributed by atoms with Gasteiger partial charge in [-0.3, -0.25) is 0 Å². The van der Waals surface area contributed by atoms with Gasteiger partial charge in [0, 0.05) is 24.0 Å². The molecule has 0 fully saturated rings. The van der Waals surface area contributed by atoms with Crippen LogP contribution in [0.2, 0.25) is 0 Å². The SMILES string of the molecule is Cl.Cl.Nc1ccccc1NCCc1c2c(n3ccccc13)CCCC2. The highest BCUT2D eigenvalue weighted by Gasteiger charge is 2.19. The molecule has 0 amide bonds. The van der Waals surface area contributed by atoms with Crippen molar-refractivity contribution < 1.29 is 0 Å². The molecule has 25 heavy (non-hydrogen) atoms. The van der Waals surface area contributed by atoms with Crippen molar-refractivity contribution >= 4 is 41.7 Å². The van der Waals surface area contributed by atoms with E-state index in [0.29, 0.717) is 0 Å². The molecular weight excluding hydrogens is 353 g/mol. The minimum atomic E-state index is 0. The zero-order valence-electron chi connectivity index (χ0n) is 14.2. The second kappa shape index (κ2) is 8.50. The van der Waals surface area contributed by atoms with Gasteiger partial charge in [-0.05, 0) is 67.5 Å². The second-order valence-electron chi connectivity index (χ2n) is 6.33. The fourth-order valence-electron chi connectivity index (χ4n) is 3.82. The summed E-state index contributed by atoms with van der Waals surface area (Å²) in [4.78, 5) is 0. The summed E-state index contributed by atoms with van der Waals surface area (Å²) >= 11 is 0. The molecule has 1 aromatic carbocycles. The fourth-order valence-corrected chi connectivity index (χ4v) is 3.82. The molecule has 0 radical (unpaired) electrons. The van der Waals surface area contributed by atoms with Crippen LogP contribution < -0.4 is 11.1 Å². The maximum absolute atomic E-state index is 6.01. The lowest BCUT2D eigenvalue weighted by atomic mass is 9.93. The Hall–Kier alpha value is -1.84. The molecule has 1 aliphatic carbocycles. The molecule has 0 bridgehead atoms. The first-order valence-electron chi connectivity index (χ1n) is 8.52. The van der Waals surface area contributed by atoms with Gasteiger partial charge in [0.1, 0.15) is 0 Å². The number of benzene rings is 1. The van der Waals surface area contributed by atoms with Gasteiger partial charge in [0.05, 0.1) is 11.4 Å². The third-order valence-electron chi connectivity index (χ3n) is 4.91. The molecule has 3 N–H and O–H groups in total. The molecule has 0 aliphatic heterocycles. The average Bonchev–Trinajstić information content (AvgIpc) is 2.91. The number of anilines is 2. The van der Waals surface area contributed by atoms with E-state index in [9.17, 15) is 0 Å². The zero-order chi connectivity index (χ0) is 15.6. The summed E-state index contributed by atoms with van der Waals surface area (Å²) in [5, 5.41) is 3.49. The van der Waals surface area contributed by atoms with Crippen LogP contribution in [0.1, 0.15) is 29.7 Å². The van der Waals surface area contributed by atoms with Crippen molar-refractivity contribution in [1.82, 2.24) is 4.40 Å². The highest BCUT2D eigenvalue weighted by molar-refractivity contribution is 5.85. The Morgan fingerprint density at radius 2 is 1.72 bits per heavy atom. The molecule has 2 aromatic heterocycles. The Bertz CT molecular complexity index is 842. The Morgan fingerprint density at radius 3 is 2.56 bits per heavy atom. The van der Waals surface area contributed by atoms with E-state index in [0.717, 1.165) is 24.3 Å². The third kappa shape index (κ3) is 3.73. The van der Waals surface area contributed by atoms with Gasteiger partial charge < -0.3 is 15.5 Å². The number of nitrogens with two attached hydrogens (primary N) is 1. The highest BCUT2D eigenvalue weighted by atomic mass is 35.5. The van der Waals surface area contributed by atoms with E-state index in [4.69, 9.17) is 5.73 Å². The number of pyridine rings is 1. The van der Waals surface area contributed by atoms with Crippen LogP contribution in [0.4, 0.5) is 11.4 Å². The van der Waals surface area contributed by atoms with E-state index in [1.165, 1.54) is 42.5 Å². The maximum atomic E-state index is 6.01. The molecule has 0 atom stereocenters. The Kier molecular flexibility index (Phi) is 6.63. The Morgan fingerprint density at radius 1 is 0.960 bits per heavy atom. The van der Waals surface area contributed by atoms with Crippen LogP contribution in [0.25, 0.3) is 5.52 Å². The van der Waals surface area contributed by atoms with Gasteiger partial charge in [-0.15, -0.1) is 24.8 Å². The number of aromatic nitrogens is 1. The van der Waals surface area contributed by atoms with E-state index in [2.05, 4.69) is 34.1 Å². The number of rotatable bonds is 4. The number of halogens is 2. The largest absolute Gasteiger partial charge is 0.397 e. The number of hydrogen-bond donors (Lipinski definition) is 2. The predicted molar refractivity (Wildman–Crippen MR) is 112 cm³/mol. The van der Waals surface area contributed by atoms with Gasteiger partial charge >= 0.3 is 0 Å². The normalized spacial score (nSPS) is 12.8. The molecular formula is C20H25Cl2N3. The number of para-hydroxylation sites is 2. The van der Waals surface area contributed by atoms with E-state index in [1.807, 2.05) is 24.3 Å². The molecule has 0 saturated heterocycles. The van der Waals surface area contributed by atoms with Crippen LogP contribution in [0.3, 0.4) is 0 Å². The van der Waals surface area contributed by atoms with Gasteiger partial charge in [0.15, 0.2) is 0 Å². The zero-order valence-corrected chi connectivity index (χ0v) is 15.8. The van der Waals surface area contributed by atoms with Gasteiger partial charge in [-0.1, -0.05) is 18.2 Å². The Labute approximate surface area is 161 Å². The van der Waals surface area contributed by atoms with Crippen molar-refractivity contribution in [3.05, 3.63) is 65.5 Å². The topological polar surface area (TPSA) is 42.5 Å². The Balaban J connectivity index is 0.00000113. The number of nitrogens with one attached hydrogen (secondary N) is 1. The summed E-state index contributed by atoms with van der Waals surface area (Å²) < 4.78 is 2.40. The summed E-state index contributed by atoms with van der Waals surface area (Å²) in [6.45, 7) is 0.912. The number of aryl methyl sites for hydroxylation is 1. The van der Waals surface area contributed by atoms with Crippen molar-refractivity contribution in [2.75, 3.05) is 17.6 Å². The molecule has 0 spiro atoms. The lowest BCUT2D eigenvalue weighted by Crippen LogP contribution is -2.09. The summed E-state index contributed by atoms with van der Waals surface area (Å²) in [6, 6.07) is 14.5. The van der Waals surface area contributed by atoms with E-state index >= 15 is 0 Å². The molecule has 5 heteroatoms. The van der Waals surface area contributed by atoms with Gasteiger partial charge in [0.25, 0.3) is 0 Å². The number of hydrogen-bond acceptors (Lipinski definition) is 2. The standard InChI is InChI=1S/C20H23N3.2ClH/c21-17-8-2-3-9-18(17)22-13-12-16-15-7-1-4-10-19(15)23-14-6-5-11-20(16)23;;/h2-3,5-6,8-9,11,14,22H,1,4,7,10,12-13,21H2;2*1H. The van der Waals surface area contributed by atoms with Crippen molar-refractivity contribution in [3.63, 3.8) is 0 Å². The quantitative estimate of drug-likeness (QED) is 0.634. The lowest BCUT2D eigenvalue weighted by molar-refractivity contribution is 0.665. The first kappa shape index (κ1) is 19.5. The smallest absolute Gasteiger partial charge is 0.0574 e. The monoisotopic (exact) mass is 377 g/mol. The third-order valence-corrected chi connectivity index (χ3v) is 4.91. The van der Waals surface area contributed by atoms with Crippen LogP contribution >= 0.6 is 24.8 Å². The van der Waals surface area contributed by atoms with Crippen molar-refractivity contribution in [2.45, 2.75) is 32.1 Å². The molecule has 1 aliphatic rings. The van der Waals surface area contributed by atoms with E-state index in [1.54, 1.807) is 5.56 Å². The van der Waals surface area contributed by atoms with Crippen LogP contribution in [0, 0.1) is 0 Å². The summed E-state index contributed by atoms with van der Waals surface area (Å²) in [7, 11) is 0. The van der Waals surface area contributed by atoms with E-state index in [-0.39, 0.29) is 24.8 Å². The average molecular weight is 378 g/mol. The van der Waals surface area contributed by atoms with Gasteiger partial charge in [-0.25, -0.2) is 0 Å². The molecule has 0 saturated carbocycles. The summed E-state index contributed by atoms with van der Waals surface area (Å²) in [5.41, 5.74) is 13.9. The first-order valence-corrected chi connectivity index (χ1v) is 8.52. The van der Waals surface area contributed by atoms with Crippen LogP contribution in [-0.4, -0.2) is 10.9 Å². The first-order chi connectivity index (χ1) is 11.3.